The van der Waals surface area contributed by atoms with E-state index < -0.39 is 0 Å². The highest BCUT2D eigenvalue weighted by atomic mass is 16.5. The standard InChI is InChI=1S/C13H17NO2/c15-11-5-2-6-12-13(11)10(7-8-16-12)14-9-3-1-4-9/h2,5-6,9-10,14-15H,1,3-4,7-8H2. The van der Waals surface area contributed by atoms with Gasteiger partial charge in [0, 0.05) is 18.5 Å². The van der Waals surface area contributed by atoms with Crippen LogP contribution >= 0.6 is 0 Å². The van der Waals surface area contributed by atoms with Crippen LogP contribution in [0.5, 0.6) is 11.5 Å². The first-order valence-corrected chi connectivity index (χ1v) is 6.05. The summed E-state index contributed by atoms with van der Waals surface area (Å²) in [5, 5.41) is 13.5. The van der Waals surface area contributed by atoms with Gasteiger partial charge in [-0.15, -0.1) is 0 Å². The van der Waals surface area contributed by atoms with Gasteiger partial charge in [-0.25, -0.2) is 0 Å². The molecule has 16 heavy (non-hydrogen) atoms. The van der Waals surface area contributed by atoms with E-state index in [-0.39, 0.29) is 6.04 Å². The molecule has 0 spiro atoms. The molecule has 86 valence electrons. The SMILES string of the molecule is Oc1cccc2c1C(NC1CCC1)CCO2. The summed E-state index contributed by atoms with van der Waals surface area (Å²) in [5.41, 5.74) is 0.945. The van der Waals surface area contributed by atoms with Gasteiger partial charge in [0.15, 0.2) is 0 Å². The number of rotatable bonds is 2. The lowest BCUT2D eigenvalue weighted by Gasteiger charge is -2.34. The molecule has 0 amide bonds. The summed E-state index contributed by atoms with van der Waals surface area (Å²) >= 11 is 0. The van der Waals surface area contributed by atoms with Crippen LogP contribution in [0.4, 0.5) is 0 Å². The number of phenols is 1. The molecule has 1 fully saturated rings. The van der Waals surface area contributed by atoms with Crippen molar-refractivity contribution in [3.63, 3.8) is 0 Å². The average molecular weight is 219 g/mol. The molecular formula is C13H17NO2. The average Bonchev–Trinajstić information content (AvgIpc) is 2.24. The van der Waals surface area contributed by atoms with Gasteiger partial charge in [0.05, 0.1) is 12.2 Å². The van der Waals surface area contributed by atoms with Gasteiger partial charge in [0.1, 0.15) is 11.5 Å². The van der Waals surface area contributed by atoms with Crippen LogP contribution in [0.1, 0.15) is 37.3 Å². The highest BCUT2D eigenvalue weighted by Crippen LogP contribution is 2.39. The highest BCUT2D eigenvalue weighted by Gasteiger charge is 2.28. The summed E-state index contributed by atoms with van der Waals surface area (Å²) < 4.78 is 5.57. The Balaban J connectivity index is 1.86. The normalized spacial score (nSPS) is 24.4. The fraction of sp³-hybridized carbons (Fsp3) is 0.538. The van der Waals surface area contributed by atoms with E-state index in [1.807, 2.05) is 12.1 Å². The van der Waals surface area contributed by atoms with E-state index in [0.29, 0.717) is 11.8 Å². The molecular weight excluding hydrogens is 202 g/mol. The van der Waals surface area contributed by atoms with Crippen molar-refractivity contribution < 1.29 is 9.84 Å². The molecule has 1 aromatic carbocycles. The van der Waals surface area contributed by atoms with Crippen LogP contribution in [0.2, 0.25) is 0 Å². The Labute approximate surface area is 95.4 Å². The summed E-state index contributed by atoms with van der Waals surface area (Å²) in [5.74, 6) is 1.19. The number of aromatic hydroxyl groups is 1. The zero-order valence-corrected chi connectivity index (χ0v) is 9.28. The van der Waals surface area contributed by atoms with Crippen LogP contribution in [-0.4, -0.2) is 17.8 Å². The van der Waals surface area contributed by atoms with E-state index in [2.05, 4.69) is 5.32 Å². The molecule has 1 aliphatic carbocycles. The molecule has 1 atom stereocenters. The molecule has 2 N–H and O–H groups in total. The Hall–Kier alpha value is -1.22. The number of hydrogen-bond acceptors (Lipinski definition) is 3. The molecule has 0 radical (unpaired) electrons. The summed E-state index contributed by atoms with van der Waals surface area (Å²) in [7, 11) is 0. The van der Waals surface area contributed by atoms with E-state index in [1.54, 1.807) is 6.07 Å². The molecule has 1 aliphatic heterocycles. The Kier molecular flexibility index (Phi) is 2.48. The molecule has 1 saturated carbocycles. The van der Waals surface area contributed by atoms with Crippen molar-refractivity contribution >= 4 is 0 Å². The smallest absolute Gasteiger partial charge is 0.127 e. The fourth-order valence-electron chi connectivity index (χ4n) is 2.47. The molecule has 0 saturated heterocycles. The number of fused-ring (bicyclic) bond motifs is 1. The molecule has 1 aromatic rings. The van der Waals surface area contributed by atoms with Gasteiger partial charge in [0.2, 0.25) is 0 Å². The van der Waals surface area contributed by atoms with Crippen molar-refractivity contribution in [1.82, 2.24) is 5.32 Å². The minimum Gasteiger partial charge on any atom is -0.507 e. The molecule has 0 bridgehead atoms. The van der Waals surface area contributed by atoms with Gasteiger partial charge in [0.25, 0.3) is 0 Å². The monoisotopic (exact) mass is 219 g/mol. The second-order valence-electron chi connectivity index (χ2n) is 4.67. The van der Waals surface area contributed by atoms with Crippen molar-refractivity contribution in [2.45, 2.75) is 37.8 Å². The Morgan fingerprint density at radius 1 is 1.25 bits per heavy atom. The van der Waals surface area contributed by atoms with Crippen molar-refractivity contribution in [3.05, 3.63) is 23.8 Å². The van der Waals surface area contributed by atoms with Gasteiger partial charge in [-0.3, -0.25) is 0 Å². The molecule has 2 aliphatic rings. The zero-order valence-electron chi connectivity index (χ0n) is 9.28. The van der Waals surface area contributed by atoms with Gasteiger partial charge in [-0.2, -0.15) is 0 Å². The summed E-state index contributed by atoms with van der Waals surface area (Å²) in [4.78, 5) is 0. The Morgan fingerprint density at radius 3 is 2.88 bits per heavy atom. The van der Waals surface area contributed by atoms with Crippen LogP contribution in [0.25, 0.3) is 0 Å². The molecule has 3 rings (SSSR count). The second kappa shape index (κ2) is 3.98. The minimum atomic E-state index is 0.259. The summed E-state index contributed by atoms with van der Waals surface area (Å²) in [6, 6.07) is 6.40. The number of hydrogen-bond donors (Lipinski definition) is 2. The van der Waals surface area contributed by atoms with E-state index in [0.717, 1.165) is 24.3 Å². The highest BCUT2D eigenvalue weighted by molar-refractivity contribution is 5.47. The summed E-state index contributed by atoms with van der Waals surface area (Å²) in [6.45, 7) is 0.737. The molecule has 1 unspecified atom stereocenters. The van der Waals surface area contributed by atoms with Crippen LogP contribution in [0.3, 0.4) is 0 Å². The summed E-state index contributed by atoms with van der Waals surface area (Å²) in [6.07, 6.45) is 4.80. The Morgan fingerprint density at radius 2 is 2.12 bits per heavy atom. The van der Waals surface area contributed by atoms with Crippen molar-refractivity contribution in [3.8, 4) is 11.5 Å². The van der Waals surface area contributed by atoms with E-state index in [9.17, 15) is 5.11 Å². The number of ether oxygens (including phenoxy) is 1. The van der Waals surface area contributed by atoms with E-state index in [4.69, 9.17) is 4.74 Å². The van der Waals surface area contributed by atoms with E-state index in [1.165, 1.54) is 19.3 Å². The van der Waals surface area contributed by atoms with E-state index >= 15 is 0 Å². The number of nitrogens with one attached hydrogen (secondary N) is 1. The third-order valence-corrected chi connectivity index (χ3v) is 3.60. The first-order chi connectivity index (χ1) is 7.84. The fourth-order valence-corrected chi connectivity index (χ4v) is 2.47. The predicted octanol–water partition coefficient (Wildman–Crippen LogP) is 2.36. The third kappa shape index (κ3) is 1.65. The maximum atomic E-state index is 9.91. The van der Waals surface area contributed by atoms with Gasteiger partial charge in [-0.1, -0.05) is 12.5 Å². The lowest BCUT2D eigenvalue weighted by molar-refractivity contribution is 0.218. The first kappa shape index (κ1) is 9.97. The second-order valence-corrected chi connectivity index (χ2v) is 4.67. The first-order valence-electron chi connectivity index (χ1n) is 6.05. The minimum absolute atomic E-state index is 0.259. The van der Waals surface area contributed by atoms with Gasteiger partial charge in [-0.05, 0) is 25.0 Å². The molecule has 0 aromatic heterocycles. The van der Waals surface area contributed by atoms with Crippen molar-refractivity contribution in [1.29, 1.82) is 0 Å². The maximum Gasteiger partial charge on any atom is 0.127 e. The molecule has 3 heteroatoms. The third-order valence-electron chi connectivity index (χ3n) is 3.60. The van der Waals surface area contributed by atoms with Gasteiger partial charge >= 0.3 is 0 Å². The van der Waals surface area contributed by atoms with Crippen molar-refractivity contribution in [2.24, 2.45) is 0 Å². The zero-order chi connectivity index (χ0) is 11.0. The van der Waals surface area contributed by atoms with Crippen LogP contribution in [0, 0.1) is 0 Å². The van der Waals surface area contributed by atoms with Crippen LogP contribution < -0.4 is 10.1 Å². The lowest BCUT2D eigenvalue weighted by atomic mass is 9.90. The largest absolute Gasteiger partial charge is 0.507 e. The van der Waals surface area contributed by atoms with Crippen LogP contribution in [0.15, 0.2) is 18.2 Å². The Bertz CT molecular complexity index is 388. The molecule has 3 nitrogen and oxygen atoms in total. The maximum absolute atomic E-state index is 9.91. The van der Waals surface area contributed by atoms with Crippen molar-refractivity contribution in [2.75, 3.05) is 6.61 Å². The number of phenolic OH excluding ortho intramolecular Hbond substituents is 1. The van der Waals surface area contributed by atoms with Gasteiger partial charge < -0.3 is 15.2 Å². The van der Waals surface area contributed by atoms with Crippen LogP contribution in [-0.2, 0) is 0 Å². The predicted molar refractivity (Wildman–Crippen MR) is 61.7 cm³/mol. The molecule has 1 heterocycles. The quantitative estimate of drug-likeness (QED) is 0.802. The topological polar surface area (TPSA) is 41.5 Å². The number of benzene rings is 1. The lowest BCUT2D eigenvalue weighted by Crippen LogP contribution is -2.39.